The zero-order valence-corrected chi connectivity index (χ0v) is 39.8. The molecule has 0 radical (unpaired) electrons. The van der Waals surface area contributed by atoms with Gasteiger partial charge < -0.3 is 52.8 Å². The lowest BCUT2D eigenvalue weighted by Crippen LogP contribution is -2.49. The zero-order chi connectivity index (χ0) is 47.7. The molecule has 0 spiro atoms. The van der Waals surface area contributed by atoms with Crippen LogP contribution < -0.4 is 35.4 Å². The first-order valence-electron chi connectivity index (χ1n) is 24.1. The molecule has 0 atom stereocenters. The predicted molar refractivity (Wildman–Crippen MR) is 260 cm³/mol. The van der Waals surface area contributed by atoms with E-state index in [1.807, 2.05) is 74.2 Å². The Morgan fingerprint density at radius 3 is 1.68 bits per heavy atom. The van der Waals surface area contributed by atoms with Crippen molar-refractivity contribution in [2.75, 3.05) is 65.7 Å². The number of nitrogens with zero attached hydrogens (tertiary/aromatic N) is 9. The van der Waals surface area contributed by atoms with Crippen LogP contribution in [0.3, 0.4) is 0 Å². The molecule has 10 rings (SSSR count). The second-order valence-corrected chi connectivity index (χ2v) is 18.8. The van der Waals surface area contributed by atoms with Crippen LogP contribution in [0.5, 0.6) is 23.0 Å². The van der Waals surface area contributed by atoms with Crippen molar-refractivity contribution in [3.05, 3.63) is 117 Å². The molecule has 6 aromatic rings. The van der Waals surface area contributed by atoms with Crippen molar-refractivity contribution >= 4 is 28.4 Å². The number of carbonyl (C=O) groups excluding carboxylic acids is 1. The maximum atomic E-state index is 13.3. The van der Waals surface area contributed by atoms with E-state index in [2.05, 4.69) is 47.2 Å². The first kappa shape index (κ1) is 47.4. The van der Waals surface area contributed by atoms with Crippen LogP contribution in [0, 0.1) is 0 Å². The van der Waals surface area contributed by atoms with Gasteiger partial charge in [0, 0.05) is 76.8 Å². The number of benzene rings is 2. The molecule has 1 amide bonds. The minimum absolute atomic E-state index is 0.0444. The minimum atomic E-state index is -0.585. The molecule has 4 aliphatic rings. The van der Waals surface area contributed by atoms with Crippen molar-refractivity contribution in [1.82, 2.24) is 49.1 Å². The van der Waals surface area contributed by atoms with Gasteiger partial charge in [0.15, 0.2) is 34.3 Å². The van der Waals surface area contributed by atoms with Crippen LogP contribution in [-0.2, 0) is 30.9 Å². The maximum Gasteiger partial charge on any atom is 0.410 e. The van der Waals surface area contributed by atoms with Crippen LogP contribution in [-0.4, -0.2) is 133 Å². The summed E-state index contributed by atoms with van der Waals surface area (Å²) in [6, 6.07) is 20.0. The highest BCUT2D eigenvalue weighted by molar-refractivity contribution is 5.70. The van der Waals surface area contributed by atoms with Crippen molar-refractivity contribution < 1.29 is 28.5 Å². The molecular weight excluding hydrogens is 881 g/mol. The lowest BCUT2D eigenvalue weighted by molar-refractivity contribution is 0.00562. The van der Waals surface area contributed by atoms with Gasteiger partial charge in [-0.1, -0.05) is 12.1 Å². The number of carbonyl (C=O) groups is 1. The van der Waals surface area contributed by atoms with Crippen molar-refractivity contribution in [2.24, 2.45) is 0 Å². The molecule has 4 aromatic heterocycles. The maximum absolute atomic E-state index is 13.3. The van der Waals surface area contributed by atoms with Crippen LogP contribution in [0.4, 0.5) is 4.79 Å². The average molecular weight is 943 g/mol. The Kier molecular flexibility index (Phi) is 15.0. The Morgan fingerprint density at radius 1 is 0.652 bits per heavy atom. The minimum Gasteiger partial charge on any atom is -0.486 e. The van der Waals surface area contributed by atoms with Gasteiger partial charge >= 0.3 is 6.09 Å². The number of nitrogens with one attached hydrogen (secondary N) is 1. The molecule has 0 unspecified atom stereocenters. The first-order valence-corrected chi connectivity index (χ1v) is 24.1. The molecule has 0 aliphatic carbocycles. The van der Waals surface area contributed by atoms with E-state index >= 15 is 0 Å². The van der Waals surface area contributed by atoms with Crippen molar-refractivity contribution in [1.29, 1.82) is 0 Å². The molecule has 8 heterocycles. The molecular formula is C51H62N10O8. The van der Waals surface area contributed by atoms with Crippen LogP contribution in [0.1, 0.15) is 57.6 Å². The molecule has 0 saturated carbocycles. The SMILES string of the molecule is CC(C)(C)OC(=O)N(Cc1ccc2c(c1)OCCO2)C1CCN(CCn2c(=O)cnc3ncccc32)CC1.O=c1cnc2ncccc2n1CCN1CCC(NCc2ccc3c(c2)OCCO3)CC1. The highest BCUT2D eigenvalue weighted by Crippen LogP contribution is 2.33. The van der Waals surface area contributed by atoms with Crippen LogP contribution >= 0.6 is 0 Å². The van der Waals surface area contributed by atoms with Gasteiger partial charge in [-0.25, -0.2) is 24.7 Å². The zero-order valence-electron chi connectivity index (χ0n) is 39.8. The van der Waals surface area contributed by atoms with Gasteiger partial charge in [0.1, 0.15) is 32.0 Å². The van der Waals surface area contributed by atoms with Gasteiger partial charge in [-0.2, -0.15) is 0 Å². The number of ether oxygens (including phenoxy) is 5. The number of likely N-dealkylation sites (tertiary alicyclic amines) is 2. The van der Waals surface area contributed by atoms with Crippen LogP contribution in [0.15, 0.2) is 95.0 Å². The fourth-order valence-corrected chi connectivity index (χ4v) is 9.27. The monoisotopic (exact) mass is 942 g/mol. The molecule has 364 valence electrons. The highest BCUT2D eigenvalue weighted by atomic mass is 16.6. The van der Waals surface area contributed by atoms with E-state index in [4.69, 9.17) is 23.7 Å². The van der Waals surface area contributed by atoms with E-state index in [1.54, 1.807) is 21.5 Å². The van der Waals surface area contributed by atoms with Gasteiger partial charge in [0.05, 0.1) is 23.4 Å². The lowest BCUT2D eigenvalue weighted by Gasteiger charge is -2.39. The molecule has 4 aliphatic heterocycles. The van der Waals surface area contributed by atoms with E-state index in [1.165, 1.54) is 18.0 Å². The standard InChI is InChI=1S/C28H35N5O5.C23H27N5O3/c1-28(2,3)38-27(35)33(19-20-6-7-23-24(17-20)37-16-15-36-23)21-8-11-31(12-9-21)13-14-32-22-5-4-10-29-26(22)30-18-25(32)34;29-22-16-26-23-19(2-1-7-24-23)28(22)11-10-27-8-5-18(6-9-27)25-15-17-3-4-20-21(14-17)31-13-12-30-20/h4-7,10,17-18,21H,8-9,11-16,19H2,1-3H3;1-4,7,14,16,18,25H,5-6,8-13,15H2. The molecule has 69 heavy (non-hydrogen) atoms. The van der Waals surface area contributed by atoms with Crippen molar-refractivity contribution in [2.45, 2.75) is 90.3 Å². The lowest BCUT2D eigenvalue weighted by atomic mass is 10.0. The van der Waals surface area contributed by atoms with Crippen molar-refractivity contribution in [3.63, 3.8) is 0 Å². The second-order valence-electron chi connectivity index (χ2n) is 18.8. The largest absolute Gasteiger partial charge is 0.486 e. The Morgan fingerprint density at radius 2 is 1.14 bits per heavy atom. The third-order valence-electron chi connectivity index (χ3n) is 12.9. The third kappa shape index (κ3) is 12.2. The molecule has 18 heteroatoms. The van der Waals surface area contributed by atoms with Gasteiger partial charge in [0.2, 0.25) is 0 Å². The van der Waals surface area contributed by atoms with Crippen LogP contribution in [0.25, 0.3) is 22.3 Å². The summed E-state index contributed by atoms with van der Waals surface area (Å²) in [7, 11) is 0. The second kappa shape index (κ2) is 21.8. The Balaban J connectivity index is 0.000000175. The molecule has 2 saturated heterocycles. The van der Waals surface area contributed by atoms with E-state index in [0.29, 0.717) is 69.1 Å². The number of amides is 1. The summed E-state index contributed by atoms with van der Waals surface area (Å²) in [6.07, 6.45) is 9.59. The van der Waals surface area contributed by atoms with Gasteiger partial charge in [-0.05, 0) is 119 Å². The fourth-order valence-electron chi connectivity index (χ4n) is 9.27. The fraction of sp³-hybridized carbons (Fsp3) is 0.471. The van der Waals surface area contributed by atoms with E-state index in [9.17, 15) is 14.4 Å². The van der Waals surface area contributed by atoms with Crippen LogP contribution in [0.2, 0.25) is 0 Å². The Labute approximate surface area is 401 Å². The summed E-state index contributed by atoms with van der Waals surface area (Å²) >= 11 is 0. The summed E-state index contributed by atoms with van der Waals surface area (Å²) < 4.78 is 32.0. The summed E-state index contributed by atoms with van der Waals surface area (Å²) in [6.45, 7) is 15.7. The van der Waals surface area contributed by atoms with E-state index < -0.39 is 5.60 Å². The third-order valence-corrected chi connectivity index (χ3v) is 12.9. The Bertz CT molecular complexity index is 2830. The molecule has 1 N–H and O–H groups in total. The quantitative estimate of drug-likeness (QED) is 0.167. The van der Waals surface area contributed by atoms with Gasteiger partial charge in [-0.3, -0.25) is 9.59 Å². The Hall–Kier alpha value is -6.63. The number of fused-ring (bicyclic) bond motifs is 4. The van der Waals surface area contributed by atoms with E-state index in [0.717, 1.165) is 105 Å². The number of pyridine rings is 2. The predicted octanol–water partition coefficient (Wildman–Crippen LogP) is 5.28. The number of hydrogen-bond acceptors (Lipinski definition) is 15. The summed E-state index contributed by atoms with van der Waals surface area (Å²) in [5.74, 6) is 3.12. The average Bonchev–Trinajstić information content (AvgIpc) is 3.37. The molecule has 2 fully saturated rings. The highest BCUT2D eigenvalue weighted by Gasteiger charge is 2.32. The number of rotatable bonds is 12. The molecule has 18 nitrogen and oxygen atoms in total. The summed E-state index contributed by atoms with van der Waals surface area (Å²) in [5.41, 5.74) is 4.12. The molecule has 2 aromatic carbocycles. The molecule has 0 bridgehead atoms. The summed E-state index contributed by atoms with van der Waals surface area (Å²) in [4.78, 5) is 61.5. The smallest absolute Gasteiger partial charge is 0.410 e. The normalized spacial score (nSPS) is 16.7. The number of hydrogen-bond donors (Lipinski definition) is 1. The van der Waals surface area contributed by atoms with Gasteiger partial charge in [0.25, 0.3) is 11.1 Å². The number of piperidine rings is 2. The van der Waals surface area contributed by atoms with Crippen molar-refractivity contribution in [3.8, 4) is 23.0 Å². The topological polar surface area (TPSA) is 181 Å². The van der Waals surface area contributed by atoms with Gasteiger partial charge in [-0.15, -0.1) is 0 Å². The number of aromatic nitrogens is 6. The first-order chi connectivity index (χ1) is 33.5. The summed E-state index contributed by atoms with van der Waals surface area (Å²) in [5, 5.41) is 3.68. The van der Waals surface area contributed by atoms with E-state index in [-0.39, 0.29) is 23.3 Å².